The summed E-state index contributed by atoms with van der Waals surface area (Å²) in [6.45, 7) is 5.44. The first-order valence-corrected chi connectivity index (χ1v) is 6.16. The molecule has 1 amide bonds. The highest BCUT2D eigenvalue weighted by Crippen LogP contribution is 2.33. The number of carbonyl (C=O) groups excluding carboxylic acids is 1. The van der Waals surface area contributed by atoms with Crippen LogP contribution in [-0.4, -0.2) is 31.0 Å². The average molecular weight is 248 g/mol. The van der Waals surface area contributed by atoms with E-state index in [9.17, 15) is 4.79 Å². The van der Waals surface area contributed by atoms with Crippen molar-refractivity contribution in [2.75, 3.05) is 30.8 Å². The summed E-state index contributed by atoms with van der Waals surface area (Å²) in [5, 5.41) is 2.73. The van der Waals surface area contributed by atoms with Gasteiger partial charge in [-0.05, 0) is 32.4 Å². The van der Waals surface area contributed by atoms with Crippen LogP contribution in [0.25, 0.3) is 0 Å². The Morgan fingerprint density at radius 1 is 1.56 bits per heavy atom. The number of nitrogens with two attached hydrogens (primary N) is 1. The van der Waals surface area contributed by atoms with E-state index in [1.807, 2.05) is 26.0 Å². The van der Waals surface area contributed by atoms with Gasteiger partial charge in [-0.1, -0.05) is 0 Å². The standard InChI is InChI=1S/C13H20N4O/c1-9-10(14)4-5-11(16-9)17-7-6-13(2,8-17)12(18)15-3/h4-5H,6-8,14H2,1-3H3,(H,15,18). The lowest BCUT2D eigenvalue weighted by Gasteiger charge is -2.23. The molecule has 1 aromatic heterocycles. The Morgan fingerprint density at radius 3 is 2.89 bits per heavy atom. The molecule has 0 spiro atoms. The number of aromatic nitrogens is 1. The Labute approximate surface area is 107 Å². The van der Waals surface area contributed by atoms with Gasteiger partial charge in [0.25, 0.3) is 0 Å². The molecule has 2 heterocycles. The fraction of sp³-hybridized carbons (Fsp3) is 0.538. The van der Waals surface area contributed by atoms with Gasteiger partial charge in [0.05, 0.1) is 16.8 Å². The van der Waals surface area contributed by atoms with Crippen molar-refractivity contribution in [1.82, 2.24) is 10.3 Å². The fourth-order valence-corrected chi connectivity index (χ4v) is 2.38. The molecule has 98 valence electrons. The summed E-state index contributed by atoms with van der Waals surface area (Å²) in [5.41, 5.74) is 6.97. The van der Waals surface area contributed by atoms with Crippen LogP contribution in [0, 0.1) is 12.3 Å². The lowest BCUT2D eigenvalue weighted by Crippen LogP contribution is -2.39. The van der Waals surface area contributed by atoms with Crippen molar-refractivity contribution in [3.05, 3.63) is 17.8 Å². The predicted molar refractivity (Wildman–Crippen MR) is 72.4 cm³/mol. The Kier molecular flexibility index (Phi) is 3.15. The van der Waals surface area contributed by atoms with E-state index >= 15 is 0 Å². The SMILES string of the molecule is CNC(=O)C1(C)CCN(c2ccc(N)c(C)n2)C1. The molecule has 1 atom stereocenters. The zero-order chi connectivity index (χ0) is 13.3. The number of hydrogen-bond acceptors (Lipinski definition) is 4. The molecule has 0 saturated carbocycles. The minimum Gasteiger partial charge on any atom is -0.397 e. The van der Waals surface area contributed by atoms with Gasteiger partial charge in [0, 0.05) is 20.1 Å². The van der Waals surface area contributed by atoms with Gasteiger partial charge in [-0.25, -0.2) is 4.98 Å². The van der Waals surface area contributed by atoms with Crippen LogP contribution in [0.1, 0.15) is 19.0 Å². The quantitative estimate of drug-likeness (QED) is 0.817. The average Bonchev–Trinajstić information content (AvgIpc) is 2.76. The van der Waals surface area contributed by atoms with E-state index in [0.29, 0.717) is 12.2 Å². The number of amides is 1. The molecular weight excluding hydrogens is 228 g/mol. The lowest BCUT2D eigenvalue weighted by molar-refractivity contribution is -0.128. The second kappa shape index (κ2) is 4.48. The monoisotopic (exact) mass is 248 g/mol. The van der Waals surface area contributed by atoms with E-state index in [1.54, 1.807) is 7.05 Å². The molecule has 1 aromatic rings. The van der Waals surface area contributed by atoms with Crippen LogP contribution in [0.4, 0.5) is 11.5 Å². The second-order valence-corrected chi connectivity index (χ2v) is 5.16. The molecule has 0 radical (unpaired) electrons. The molecule has 3 N–H and O–H groups in total. The van der Waals surface area contributed by atoms with Crippen LogP contribution >= 0.6 is 0 Å². The smallest absolute Gasteiger partial charge is 0.227 e. The van der Waals surface area contributed by atoms with Crippen molar-refractivity contribution < 1.29 is 4.79 Å². The molecule has 0 bridgehead atoms. The molecule has 1 aliphatic rings. The first-order chi connectivity index (χ1) is 8.46. The molecular formula is C13H20N4O. The number of carbonyl (C=O) groups is 1. The number of anilines is 2. The Hall–Kier alpha value is -1.78. The largest absolute Gasteiger partial charge is 0.397 e. The number of hydrogen-bond donors (Lipinski definition) is 2. The highest BCUT2D eigenvalue weighted by molar-refractivity contribution is 5.83. The summed E-state index contributed by atoms with van der Waals surface area (Å²) in [6, 6.07) is 3.78. The van der Waals surface area contributed by atoms with Gasteiger partial charge in [0.1, 0.15) is 5.82 Å². The molecule has 1 saturated heterocycles. The third kappa shape index (κ3) is 2.12. The van der Waals surface area contributed by atoms with E-state index in [0.717, 1.165) is 24.5 Å². The maximum Gasteiger partial charge on any atom is 0.227 e. The second-order valence-electron chi connectivity index (χ2n) is 5.16. The number of rotatable bonds is 2. The molecule has 2 rings (SSSR count). The summed E-state index contributed by atoms with van der Waals surface area (Å²) in [7, 11) is 1.68. The molecule has 5 heteroatoms. The zero-order valence-electron chi connectivity index (χ0n) is 11.2. The predicted octanol–water partition coefficient (Wildman–Crippen LogP) is 0.935. The van der Waals surface area contributed by atoms with Crippen molar-refractivity contribution in [2.45, 2.75) is 20.3 Å². The van der Waals surface area contributed by atoms with Crippen LogP contribution < -0.4 is 16.0 Å². The summed E-state index contributed by atoms with van der Waals surface area (Å²) in [4.78, 5) is 18.5. The number of nitrogens with zero attached hydrogens (tertiary/aromatic N) is 2. The van der Waals surface area contributed by atoms with Crippen LogP contribution in [0.2, 0.25) is 0 Å². The van der Waals surface area contributed by atoms with Gasteiger partial charge >= 0.3 is 0 Å². The van der Waals surface area contributed by atoms with Crippen LogP contribution in [0.15, 0.2) is 12.1 Å². The van der Waals surface area contributed by atoms with Crippen molar-refractivity contribution in [3.8, 4) is 0 Å². The van der Waals surface area contributed by atoms with Gasteiger partial charge in [-0.15, -0.1) is 0 Å². The molecule has 1 aliphatic heterocycles. The highest BCUT2D eigenvalue weighted by atomic mass is 16.2. The van der Waals surface area contributed by atoms with E-state index < -0.39 is 0 Å². The number of pyridine rings is 1. The van der Waals surface area contributed by atoms with Crippen LogP contribution in [-0.2, 0) is 4.79 Å². The zero-order valence-corrected chi connectivity index (χ0v) is 11.2. The fourth-order valence-electron chi connectivity index (χ4n) is 2.38. The third-order valence-electron chi connectivity index (χ3n) is 3.68. The number of nitrogen functional groups attached to an aromatic ring is 1. The van der Waals surface area contributed by atoms with Gasteiger partial charge in [-0.3, -0.25) is 4.79 Å². The molecule has 5 nitrogen and oxygen atoms in total. The molecule has 1 unspecified atom stereocenters. The van der Waals surface area contributed by atoms with E-state index in [4.69, 9.17) is 5.73 Å². The molecule has 1 fully saturated rings. The summed E-state index contributed by atoms with van der Waals surface area (Å²) in [6.07, 6.45) is 0.845. The lowest BCUT2D eigenvalue weighted by atomic mass is 9.89. The summed E-state index contributed by atoms with van der Waals surface area (Å²) in [5.74, 6) is 0.992. The Balaban J connectivity index is 2.18. The first kappa shape index (κ1) is 12.7. The maximum atomic E-state index is 11.9. The van der Waals surface area contributed by atoms with Gasteiger partial charge in [0.2, 0.25) is 5.91 Å². The van der Waals surface area contributed by atoms with Gasteiger partial charge < -0.3 is 16.0 Å². The topological polar surface area (TPSA) is 71.2 Å². The molecule has 0 aliphatic carbocycles. The van der Waals surface area contributed by atoms with E-state index in [2.05, 4.69) is 15.2 Å². The van der Waals surface area contributed by atoms with E-state index in [-0.39, 0.29) is 11.3 Å². The van der Waals surface area contributed by atoms with Crippen molar-refractivity contribution in [2.24, 2.45) is 5.41 Å². The first-order valence-electron chi connectivity index (χ1n) is 6.16. The normalized spacial score (nSPS) is 23.2. The maximum absolute atomic E-state index is 11.9. The van der Waals surface area contributed by atoms with Crippen molar-refractivity contribution in [1.29, 1.82) is 0 Å². The molecule has 0 aromatic carbocycles. The van der Waals surface area contributed by atoms with Crippen LogP contribution in [0.5, 0.6) is 0 Å². The van der Waals surface area contributed by atoms with E-state index in [1.165, 1.54) is 0 Å². The van der Waals surface area contributed by atoms with Gasteiger partial charge in [-0.2, -0.15) is 0 Å². The number of nitrogens with one attached hydrogen (secondary N) is 1. The Morgan fingerprint density at radius 2 is 2.28 bits per heavy atom. The summed E-state index contributed by atoms with van der Waals surface area (Å²) < 4.78 is 0. The highest BCUT2D eigenvalue weighted by Gasteiger charge is 2.40. The van der Waals surface area contributed by atoms with Crippen molar-refractivity contribution in [3.63, 3.8) is 0 Å². The molecule has 18 heavy (non-hydrogen) atoms. The van der Waals surface area contributed by atoms with Crippen LogP contribution in [0.3, 0.4) is 0 Å². The van der Waals surface area contributed by atoms with Gasteiger partial charge in [0.15, 0.2) is 0 Å². The minimum absolute atomic E-state index is 0.0946. The Bertz CT molecular complexity index is 474. The third-order valence-corrected chi connectivity index (χ3v) is 3.68. The summed E-state index contributed by atoms with van der Waals surface area (Å²) >= 11 is 0. The minimum atomic E-state index is -0.328. The van der Waals surface area contributed by atoms with Crippen molar-refractivity contribution >= 4 is 17.4 Å². The number of aryl methyl sites for hydroxylation is 1.